The van der Waals surface area contributed by atoms with E-state index in [2.05, 4.69) is 15.9 Å². The second-order valence-corrected chi connectivity index (χ2v) is 4.41. The van der Waals surface area contributed by atoms with E-state index in [1.807, 2.05) is 4.90 Å². The summed E-state index contributed by atoms with van der Waals surface area (Å²) < 4.78 is 0.811. The Balaban J connectivity index is 2.92. The number of nitro benzene ring substituents is 1. The second kappa shape index (κ2) is 5.93. The first kappa shape index (κ1) is 13.1. The van der Waals surface area contributed by atoms with Crippen LogP contribution in [0.15, 0.2) is 22.7 Å². The van der Waals surface area contributed by atoms with E-state index in [0.29, 0.717) is 18.7 Å². The van der Waals surface area contributed by atoms with Crippen molar-refractivity contribution in [1.82, 2.24) is 4.90 Å². The highest BCUT2D eigenvalue weighted by Gasteiger charge is 2.14. The summed E-state index contributed by atoms with van der Waals surface area (Å²) >= 11 is 3.28. The molecule has 5 nitrogen and oxygen atoms in total. The van der Waals surface area contributed by atoms with Crippen molar-refractivity contribution < 1.29 is 10.0 Å². The topological polar surface area (TPSA) is 66.6 Å². The summed E-state index contributed by atoms with van der Waals surface area (Å²) in [5.74, 6) is 0. The van der Waals surface area contributed by atoms with E-state index in [1.165, 1.54) is 6.07 Å². The van der Waals surface area contributed by atoms with Crippen molar-refractivity contribution in [2.24, 2.45) is 0 Å². The molecule has 0 fully saturated rings. The maximum Gasteiger partial charge on any atom is 0.273 e. The van der Waals surface area contributed by atoms with Crippen LogP contribution in [0.25, 0.3) is 0 Å². The molecule has 0 aromatic heterocycles. The molecule has 0 amide bonds. The van der Waals surface area contributed by atoms with Crippen LogP contribution in [0.4, 0.5) is 5.69 Å². The average molecular weight is 289 g/mol. The molecule has 6 heteroatoms. The molecule has 0 aliphatic heterocycles. The Morgan fingerprint density at radius 3 is 2.81 bits per heavy atom. The number of nitro groups is 1. The molecule has 0 aliphatic rings. The molecule has 0 bridgehead atoms. The van der Waals surface area contributed by atoms with Gasteiger partial charge in [-0.2, -0.15) is 0 Å². The van der Waals surface area contributed by atoms with E-state index in [1.54, 1.807) is 19.2 Å². The highest BCUT2D eigenvalue weighted by molar-refractivity contribution is 9.10. The predicted octanol–water partition coefficient (Wildman–Crippen LogP) is 1.78. The summed E-state index contributed by atoms with van der Waals surface area (Å²) in [6.07, 6.45) is 0. The molecule has 1 N–H and O–H groups in total. The molecule has 0 radical (unpaired) electrons. The Morgan fingerprint density at radius 2 is 2.25 bits per heavy atom. The molecule has 0 heterocycles. The van der Waals surface area contributed by atoms with Crippen molar-refractivity contribution in [3.05, 3.63) is 38.3 Å². The fraction of sp³-hybridized carbons (Fsp3) is 0.400. The number of aliphatic hydroxyl groups is 1. The van der Waals surface area contributed by atoms with Gasteiger partial charge in [-0.3, -0.25) is 15.0 Å². The Bertz CT molecular complexity index is 384. The molecular formula is C10H13BrN2O3. The minimum Gasteiger partial charge on any atom is -0.395 e. The van der Waals surface area contributed by atoms with Gasteiger partial charge in [0.2, 0.25) is 0 Å². The largest absolute Gasteiger partial charge is 0.395 e. The summed E-state index contributed by atoms with van der Waals surface area (Å²) in [6.45, 7) is 0.971. The molecule has 0 spiro atoms. The van der Waals surface area contributed by atoms with Crippen LogP contribution in [0.5, 0.6) is 0 Å². The number of likely N-dealkylation sites (N-methyl/N-ethyl adjacent to an activating group) is 1. The van der Waals surface area contributed by atoms with Crippen LogP contribution < -0.4 is 0 Å². The van der Waals surface area contributed by atoms with Crippen molar-refractivity contribution in [2.75, 3.05) is 20.2 Å². The van der Waals surface area contributed by atoms with E-state index in [0.717, 1.165) is 4.47 Å². The summed E-state index contributed by atoms with van der Waals surface area (Å²) in [4.78, 5) is 12.2. The third-order valence-corrected chi connectivity index (χ3v) is 2.65. The number of nitrogens with zero attached hydrogens (tertiary/aromatic N) is 2. The lowest BCUT2D eigenvalue weighted by molar-refractivity contribution is -0.385. The minimum atomic E-state index is -0.394. The van der Waals surface area contributed by atoms with Gasteiger partial charge in [0.15, 0.2) is 0 Å². The molecule has 1 aromatic rings. The smallest absolute Gasteiger partial charge is 0.273 e. The average Bonchev–Trinajstić information content (AvgIpc) is 2.17. The highest BCUT2D eigenvalue weighted by atomic mass is 79.9. The predicted molar refractivity (Wildman–Crippen MR) is 64.2 cm³/mol. The molecule has 1 rings (SSSR count). The Kier molecular flexibility index (Phi) is 4.85. The summed E-state index contributed by atoms with van der Waals surface area (Å²) in [5, 5.41) is 19.6. The summed E-state index contributed by atoms with van der Waals surface area (Å²) in [5.41, 5.74) is 0.739. The Morgan fingerprint density at radius 1 is 1.56 bits per heavy atom. The van der Waals surface area contributed by atoms with Gasteiger partial charge in [-0.15, -0.1) is 0 Å². The highest BCUT2D eigenvalue weighted by Crippen LogP contribution is 2.23. The molecule has 0 aliphatic carbocycles. The lowest BCUT2D eigenvalue weighted by atomic mass is 10.1. The van der Waals surface area contributed by atoms with Crippen LogP contribution in [0.1, 0.15) is 5.56 Å². The number of hydrogen-bond acceptors (Lipinski definition) is 4. The van der Waals surface area contributed by atoms with Crippen LogP contribution >= 0.6 is 15.9 Å². The quantitative estimate of drug-likeness (QED) is 0.663. The van der Waals surface area contributed by atoms with E-state index in [4.69, 9.17) is 5.11 Å². The molecular weight excluding hydrogens is 276 g/mol. The standard InChI is InChI=1S/C10H13BrN2O3/c1-12(4-5-14)7-8-6-9(11)2-3-10(8)13(15)16/h2-3,6,14H,4-5,7H2,1H3. The Hall–Kier alpha value is -0.980. The monoisotopic (exact) mass is 288 g/mol. The number of rotatable bonds is 5. The molecule has 0 saturated carbocycles. The van der Waals surface area contributed by atoms with E-state index < -0.39 is 4.92 Å². The van der Waals surface area contributed by atoms with Crippen LogP contribution in [-0.2, 0) is 6.54 Å². The molecule has 16 heavy (non-hydrogen) atoms. The number of hydrogen-bond donors (Lipinski definition) is 1. The summed E-state index contributed by atoms with van der Waals surface area (Å²) in [6, 6.07) is 4.85. The van der Waals surface area contributed by atoms with E-state index in [9.17, 15) is 10.1 Å². The molecule has 0 unspecified atom stereocenters. The van der Waals surface area contributed by atoms with Gasteiger partial charge in [0.1, 0.15) is 0 Å². The van der Waals surface area contributed by atoms with Crippen molar-refractivity contribution in [2.45, 2.75) is 6.54 Å². The lowest BCUT2D eigenvalue weighted by Crippen LogP contribution is -2.22. The fourth-order valence-electron chi connectivity index (χ4n) is 1.40. The zero-order valence-corrected chi connectivity index (χ0v) is 10.5. The maximum absolute atomic E-state index is 10.8. The maximum atomic E-state index is 10.8. The first-order chi connectivity index (χ1) is 7.54. The van der Waals surface area contributed by atoms with Gasteiger partial charge in [-0.05, 0) is 19.2 Å². The number of benzene rings is 1. The van der Waals surface area contributed by atoms with Crippen molar-refractivity contribution >= 4 is 21.6 Å². The first-order valence-corrected chi connectivity index (χ1v) is 5.56. The van der Waals surface area contributed by atoms with Crippen molar-refractivity contribution in [1.29, 1.82) is 0 Å². The van der Waals surface area contributed by atoms with Gasteiger partial charge in [-0.25, -0.2) is 0 Å². The van der Waals surface area contributed by atoms with Gasteiger partial charge < -0.3 is 5.11 Å². The second-order valence-electron chi connectivity index (χ2n) is 3.49. The zero-order chi connectivity index (χ0) is 12.1. The minimum absolute atomic E-state index is 0.0400. The molecule has 88 valence electrons. The van der Waals surface area contributed by atoms with Crippen LogP contribution in [0.2, 0.25) is 0 Å². The van der Waals surface area contributed by atoms with Crippen LogP contribution in [-0.4, -0.2) is 35.1 Å². The number of halogens is 1. The zero-order valence-electron chi connectivity index (χ0n) is 8.89. The van der Waals surface area contributed by atoms with Gasteiger partial charge in [0.05, 0.1) is 11.5 Å². The molecule has 0 atom stereocenters. The molecule has 0 saturated heterocycles. The number of aliphatic hydroxyl groups excluding tert-OH is 1. The normalized spacial score (nSPS) is 10.8. The van der Waals surface area contributed by atoms with Gasteiger partial charge in [0, 0.05) is 29.2 Å². The third-order valence-electron chi connectivity index (χ3n) is 2.16. The first-order valence-electron chi connectivity index (χ1n) is 4.77. The Labute approximate surface area is 102 Å². The van der Waals surface area contributed by atoms with E-state index in [-0.39, 0.29) is 12.3 Å². The van der Waals surface area contributed by atoms with Crippen molar-refractivity contribution in [3.63, 3.8) is 0 Å². The van der Waals surface area contributed by atoms with Crippen LogP contribution in [0.3, 0.4) is 0 Å². The van der Waals surface area contributed by atoms with Crippen LogP contribution in [0, 0.1) is 10.1 Å². The van der Waals surface area contributed by atoms with Gasteiger partial charge >= 0.3 is 0 Å². The fourth-order valence-corrected chi connectivity index (χ4v) is 1.81. The van der Waals surface area contributed by atoms with Gasteiger partial charge in [-0.1, -0.05) is 15.9 Å². The third kappa shape index (κ3) is 3.55. The summed E-state index contributed by atoms with van der Waals surface area (Å²) in [7, 11) is 1.81. The van der Waals surface area contributed by atoms with Crippen molar-refractivity contribution in [3.8, 4) is 0 Å². The van der Waals surface area contributed by atoms with Gasteiger partial charge in [0.25, 0.3) is 5.69 Å². The molecule has 1 aromatic carbocycles. The lowest BCUT2D eigenvalue weighted by Gasteiger charge is -2.15. The van der Waals surface area contributed by atoms with E-state index >= 15 is 0 Å². The SMILES string of the molecule is CN(CCO)Cc1cc(Br)ccc1[N+](=O)[O-].